The second kappa shape index (κ2) is 5.66. The van der Waals surface area contributed by atoms with E-state index in [0.29, 0.717) is 11.4 Å². The van der Waals surface area contributed by atoms with E-state index in [1.807, 2.05) is 42.5 Å². The lowest BCUT2D eigenvalue weighted by atomic mass is 10.0. The van der Waals surface area contributed by atoms with Gasteiger partial charge in [0.25, 0.3) is 5.91 Å². The molecule has 108 valence electrons. The van der Waals surface area contributed by atoms with Gasteiger partial charge in [-0.3, -0.25) is 4.79 Å². The third-order valence-corrected chi connectivity index (χ3v) is 3.83. The number of para-hydroxylation sites is 1. The maximum Gasteiger partial charge on any atom is 0.262 e. The summed E-state index contributed by atoms with van der Waals surface area (Å²) in [5, 5.41) is 2.41. The Labute approximate surface area is 127 Å². The highest BCUT2D eigenvalue weighted by Gasteiger charge is 2.20. The van der Waals surface area contributed by atoms with E-state index in [4.69, 9.17) is 21.1 Å². The van der Waals surface area contributed by atoms with Crippen molar-refractivity contribution in [2.24, 2.45) is 0 Å². The van der Waals surface area contributed by atoms with Gasteiger partial charge in [-0.1, -0.05) is 24.3 Å². The number of nitrogens with one attached hydrogen (secondary N) is 1. The smallest absolute Gasteiger partial charge is 0.262 e. The number of halogens is 1. The number of ether oxygens (including phenoxy) is 2. The van der Waals surface area contributed by atoms with Gasteiger partial charge >= 0.3 is 0 Å². The standard InChI is InChI=1S/C16H14ClNO3/c1-20-13-5-3-2-4-11(13)16(17)10-6-7-14-12(8-10)18-15(19)9-21-14/h2-8,16H,9H2,1H3,(H,18,19). The van der Waals surface area contributed by atoms with Crippen LogP contribution in [0.1, 0.15) is 16.5 Å². The van der Waals surface area contributed by atoms with Crippen molar-refractivity contribution in [2.45, 2.75) is 5.38 Å². The van der Waals surface area contributed by atoms with Crippen LogP contribution in [0.25, 0.3) is 0 Å². The second-order valence-electron chi connectivity index (χ2n) is 4.70. The van der Waals surface area contributed by atoms with Crippen LogP contribution < -0.4 is 14.8 Å². The number of hydrogen-bond donors (Lipinski definition) is 1. The Hall–Kier alpha value is -2.20. The third-order valence-electron chi connectivity index (χ3n) is 3.34. The van der Waals surface area contributed by atoms with E-state index >= 15 is 0 Å². The van der Waals surface area contributed by atoms with Crippen LogP contribution >= 0.6 is 11.6 Å². The molecule has 2 aromatic carbocycles. The molecular formula is C16H14ClNO3. The zero-order valence-electron chi connectivity index (χ0n) is 11.4. The predicted octanol–water partition coefficient (Wildman–Crippen LogP) is 3.35. The van der Waals surface area contributed by atoms with Crippen LogP contribution in [0.15, 0.2) is 42.5 Å². The van der Waals surface area contributed by atoms with Crippen molar-refractivity contribution in [3.63, 3.8) is 0 Å². The molecule has 0 bridgehead atoms. The van der Waals surface area contributed by atoms with Gasteiger partial charge in [0.15, 0.2) is 6.61 Å². The van der Waals surface area contributed by atoms with Crippen molar-refractivity contribution < 1.29 is 14.3 Å². The lowest BCUT2D eigenvalue weighted by molar-refractivity contribution is -0.118. The van der Waals surface area contributed by atoms with E-state index in [2.05, 4.69) is 5.32 Å². The van der Waals surface area contributed by atoms with Gasteiger partial charge in [-0.15, -0.1) is 11.6 Å². The van der Waals surface area contributed by atoms with E-state index in [-0.39, 0.29) is 17.9 Å². The number of amides is 1. The van der Waals surface area contributed by atoms with Crippen molar-refractivity contribution >= 4 is 23.2 Å². The molecule has 1 aliphatic rings. The van der Waals surface area contributed by atoms with Crippen LogP contribution in [0.3, 0.4) is 0 Å². The molecule has 0 aromatic heterocycles. The summed E-state index contributed by atoms with van der Waals surface area (Å²) in [6, 6.07) is 13.1. The molecule has 0 radical (unpaired) electrons. The first kappa shape index (κ1) is 13.8. The molecule has 5 heteroatoms. The first-order chi connectivity index (χ1) is 10.2. The largest absolute Gasteiger partial charge is 0.496 e. The zero-order valence-corrected chi connectivity index (χ0v) is 12.2. The lowest BCUT2D eigenvalue weighted by Crippen LogP contribution is -2.25. The van der Waals surface area contributed by atoms with Gasteiger partial charge in [-0.25, -0.2) is 0 Å². The van der Waals surface area contributed by atoms with Crippen LogP contribution in [0.4, 0.5) is 5.69 Å². The summed E-state index contributed by atoms with van der Waals surface area (Å²) in [6.07, 6.45) is 0. The highest BCUT2D eigenvalue weighted by Crippen LogP contribution is 2.38. The summed E-state index contributed by atoms with van der Waals surface area (Å²) in [5.74, 6) is 1.22. The molecule has 0 saturated heterocycles. The summed E-state index contributed by atoms with van der Waals surface area (Å²) in [7, 11) is 1.61. The van der Waals surface area contributed by atoms with Crippen LogP contribution in [-0.4, -0.2) is 19.6 Å². The van der Waals surface area contributed by atoms with Crippen molar-refractivity contribution in [1.29, 1.82) is 0 Å². The number of fused-ring (bicyclic) bond motifs is 1. The van der Waals surface area contributed by atoms with Crippen LogP contribution in [-0.2, 0) is 4.79 Å². The maximum atomic E-state index is 11.4. The number of anilines is 1. The Morgan fingerprint density at radius 2 is 2.10 bits per heavy atom. The molecular weight excluding hydrogens is 290 g/mol. The molecule has 1 amide bonds. The molecule has 4 nitrogen and oxygen atoms in total. The quantitative estimate of drug-likeness (QED) is 0.885. The summed E-state index contributed by atoms with van der Waals surface area (Å²) >= 11 is 6.56. The molecule has 0 spiro atoms. The fraction of sp³-hybridized carbons (Fsp3) is 0.188. The Morgan fingerprint density at radius 3 is 2.90 bits per heavy atom. The van der Waals surface area contributed by atoms with Crippen molar-refractivity contribution in [1.82, 2.24) is 0 Å². The van der Waals surface area contributed by atoms with Gasteiger partial charge in [-0.2, -0.15) is 0 Å². The Morgan fingerprint density at radius 1 is 1.29 bits per heavy atom. The van der Waals surface area contributed by atoms with Crippen molar-refractivity contribution in [2.75, 3.05) is 19.0 Å². The molecule has 1 heterocycles. The van der Waals surface area contributed by atoms with Crippen LogP contribution in [0.2, 0.25) is 0 Å². The molecule has 2 aromatic rings. The third kappa shape index (κ3) is 2.67. The molecule has 1 unspecified atom stereocenters. The summed E-state index contributed by atoms with van der Waals surface area (Å²) < 4.78 is 10.7. The van der Waals surface area contributed by atoms with Gasteiger partial charge in [0.1, 0.15) is 11.5 Å². The highest BCUT2D eigenvalue weighted by atomic mass is 35.5. The number of benzene rings is 2. The molecule has 0 fully saturated rings. The lowest BCUT2D eigenvalue weighted by Gasteiger charge is -2.20. The van der Waals surface area contributed by atoms with Crippen LogP contribution in [0, 0.1) is 0 Å². The average molecular weight is 304 g/mol. The predicted molar refractivity (Wildman–Crippen MR) is 81.3 cm³/mol. The van der Waals surface area contributed by atoms with Gasteiger partial charge in [0.2, 0.25) is 0 Å². The molecule has 0 aliphatic carbocycles. The van der Waals surface area contributed by atoms with Gasteiger partial charge in [0, 0.05) is 5.56 Å². The maximum absolute atomic E-state index is 11.4. The minimum atomic E-state index is -0.370. The molecule has 0 saturated carbocycles. The van der Waals surface area contributed by atoms with Crippen LogP contribution in [0.5, 0.6) is 11.5 Å². The SMILES string of the molecule is COc1ccccc1C(Cl)c1ccc2c(c1)NC(=O)CO2. The Kier molecular flexibility index (Phi) is 3.71. The van der Waals surface area contributed by atoms with E-state index in [1.54, 1.807) is 7.11 Å². The van der Waals surface area contributed by atoms with Gasteiger partial charge in [-0.05, 0) is 23.8 Å². The van der Waals surface area contributed by atoms with E-state index in [1.165, 1.54) is 0 Å². The van der Waals surface area contributed by atoms with E-state index in [0.717, 1.165) is 16.9 Å². The molecule has 21 heavy (non-hydrogen) atoms. The van der Waals surface area contributed by atoms with Gasteiger partial charge < -0.3 is 14.8 Å². The molecule has 1 atom stereocenters. The summed E-state index contributed by atoms with van der Waals surface area (Å²) in [6.45, 7) is 0.0448. The molecule has 1 N–H and O–H groups in total. The number of alkyl halides is 1. The second-order valence-corrected chi connectivity index (χ2v) is 5.13. The number of methoxy groups -OCH3 is 1. The van der Waals surface area contributed by atoms with E-state index < -0.39 is 0 Å². The van der Waals surface area contributed by atoms with Gasteiger partial charge in [0.05, 0.1) is 18.2 Å². The van der Waals surface area contributed by atoms with E-state index in [9.17, 15) is 4.79 Å². The first-order valence-electron chi connectivity index (χ1n) is 6.52. The monoisotopic (exact) mass is 303 g/mol. The number of rotatable bonds is 3. The fourth-order valence-corrected chi connectivity index (χ4v) is 2.63. The average Bonchev–Trinajstić information content (AvgIpc) is 2.53. The topological polar surface area (TPSA) is 47.6 Å². The Bertz CT molecular complexity index is 687. The molecule has 1 aliphatic heterocycles. The minimum absolute atomic E-state index is 0.0448. The summed E-state index contributed by atoms with van der Waals surface area (Å²) in [4.78, 5) is 11.4. The zero-order chi connectivity index (χ0) is 14.8. The Balaban J connectivity index is 1.96. The highest BCUT2D eigenvalue weighted by molar-refractivity contribution is 6.23. The molecule has 3 rings (SSSR count). The van der Waals surface area contributed by atoms with Crippen molar-refractivity contribution in [3.05, 3.63) is 53.6 Å². The number of carbonyl (C=O) groups excluding carboxylic acids is 1. The normalized spacial score (nSPS) is 14.7. The minimum Gasteiger partial charge on any atom is -0.496 e. The summed E-state index contributed by atoms with van der Waals surface area (Å²) in [5.41, 5.74) is 2.39. The fourth-order valence-electron chi connectivity index (χ4n) is 2.31. The first-order valence-corrected chi connectivity index (χ1v) is 6.96. The number of hydrogen-bond acceptors (Lipinski definition) is 3. The van der Waals surface area contributed by atoms with Crippen molar-refractivity contribution in [3.8, 4) is 11.5 Å². The number of carbonyl (C=O) groups is 1.